The summed E-state index contributed by atoms with van der Waals surface area (Å²) in [5.41, 5.74) is 5.43. The predicted molar refractivity (Wildman–Crippen MR) is 35.0 cm³/mol. The van der Waals surface area contributed by atoms with E-state index in [0.29, 0.717) is 18.6 Å². The number of aliphatic hydroxyl groups excluding tert-OH is 1. The summed E-state index contributed by atoms with van der Waals surface area (Å²) in [4.78, 5) is 0. The van der Waals surface area contributed by atoms with E-state index in [1.807, 2.05) is 0 Å². The minimum Gasteiger partial charge on any atom is -0.396 e. The van der Waals surface area contributed by atoms with E-state index in [4.69, 9.17) is 10.8 Å². The van der Waals surface area contributed by atoms with Crippen molar-refractivity contribution in [2.45, 2.75) is 18.9 Å². The Kier molecular flexibility index (Phi) is 3.36. The van der Waals surface area contributed by atoms with Crippen LogP contribution in [0.4, 0.5) is 0 Å². The quantitative estimate of drug-likeness (QED) is 0.540. The molecular weight excluding hydrogens is 126 g/mol. The molecule has 1 fully saturated rings. The molecule has 0 aromatic rings. The summed E-state index contributed by atoms with van der Waals surface area (Å²) in [6.45, 7) is 0.327. The third-order valence-electron chi connectivity index (χ3n) is 1.53. The fourth-order valence-corrected chi connectivity index (χ4v) is 0.936. The van der Waals surface area contributed by atoms with Crippen LogP contribution >= 0.6 is 12.4 Å². The maximum atomic E-state index is 8.45. The Morgan fingerprint density at radius 2 is 2.00 bits per heavy atom. The summed E-state index contributed by atoms with van der Waals surface area (Å²) in [5, 5.41) is 8.45. The van der Waals surface area contributed by atoms with Crippen molar-refractivity contribution in [3.8, 4) is 0 Å². The van der Waals surface area contributed by atoms with Gasteiger partial charge >= 0.3 is 0 Å². The molecule has 3 heteroatoms. The van der Waals surface area contributed by atoms with Gasteiger partial charge in [-0.05, 0) is 18.8 Å². The van der Waals surface area contributed by atoms with Crippen LogP contribution in [-0.2, 0) is 0 Å². The molecule has 0 unspecified atom stereocenters. The van der Waals surface area contributed by atoms with Gasteiger partial charge in [0.05, 0.1) is 0 Å². The molecule has 0 amide bonds. The molecule has 3 N–H and O–H groups in total. The fraction of sp³-hybridized carbons (Fsp3) is 1.00. The monoisotopic (exact) mass is 137 g/mol. The number of hydrogen-bond donors (Lipinski definition) is 2. The van der Waals surface area contributed by atoms with Gasteiger partial charge in [0.2, 0.25) is 0 Å². The smallest absolute Gasteiger partial charge is 0.0460 e. The van der Waals surface area contributed by atoms with E-state index in [2.05, 4.69) is 0 Å². The summed E-state index contributed by atoms with van der Waals surface area (Å²) in [6.07, 6.45) is 2.05. The van der Waals surface area contributed by atoms with Gasteiger partial charge in [0.15, 0.2) is 0 Å². The van der Waals surface area contributed by atoms with Crippen molar-refractivity contribution in [3.63, 3.8) is 0 Å². The highest BCUT2D eigenvalue weighted by atomic mass is 35.5. The zero-order valence-electron chi connectivity index (χ0n) is 4.71. The Morgan fingerprint density at radius 1 is 1.50 bits per heavy atom. The standard InChI is InChI=1S/C5H11NO.ClH/c6-5-1-4(2-5)3-7;/h4-5,7H,1-3,6H2;1H. The van der Waals surface area contributed by atoms with Crippen molar-refractivity contribution in [2.24, 2.45) is 11.7 Å². The van der Waals surface area contributed by atoms with Crippen molar-refractivity contribution >= 4 is 12.4 Å². The van der Waals surface area contributed by atoms with Crippen LogP contribution in [0.25, 0.3) is 0 Å². The first-order valence-electron chi connectivity index (χ1n) is 2.69. The van der Waals surface area contributed by atoms with E-state index in [9.17, 15) is 0 Å². The molecule has 8 heavy (non-hydrogen) atoms. The minimum absolute atomic E-state index is 0. The van der Waals surface area contributed by atoms with Crippen LogP contribution in [0.1, 0.15) is 12.8 Å². The summed E-state index contributed by atoms with van der Waals surface area (Å²) >= 11 is 0. The van der Waals surface area contributed by atoms with Gasteiger partial charge in [0.1, 0.15) is 0 Å². The van der Waals surface area contributed by atoms with E-state index in [1.165, 1.54) is 0 Å². The van der Waals surface area contributed by atoms with Crippen LogP contribution in [-0.4, -0.2) is 17.8 Å². The van der Waals surface area contributed by atoms with Gasteiger partial charge in [-0.2, -0.15) is 0 Å². The normalized spacial score (nSPS) is 35.2. The molecule has 1 saturated carbocycles. The molecule has 0 aromatic carbocycles. The summed E-state index contributed by atoms with van der Waals surface area (Å²) in [7, 11) is 0. The van der Waals surface area contributed by atoms with Gasteiger partial charge in [-0.1, -0.05) is 0 Å². The van der Waals surface area contributed by atoms with Crippen molar-refractivity contribution in [1.29, 1.82) is 0 Å². The molecule has 50 valence electrons. The first-order chi connectivity index (χ1) is 3.33. The van der Waals surface area contributed by atoms with E-state index in [-0.39, 0.29) is 12.4 Å². The first kappa shape index (κ1) is 8.21. The molecule has 0 spiro atoms. The van der Waals surface area contributed by atoms with Crippen LogP contribution in [0.5, 0.6) is 0 Å². The van der Waals surface area contributed by atoms with Gasteiger partial charge in [-0.15, -0.1) is 12.4 Å². The number of nitrogens with two attached hydrogens (primary N) is 1. The molecule has 1 aliphatic carbocycles. The topological polar surface area (TPSA) is 46.2 Å². The summed E-state index contributed by atoms with van der Waals surface area (Å²) in [5.74, 6) is 0.523. The number of rotatable bonds is 1. The van der Waals surface area contributed by atoms with Gasteiger partial charge in [-0.3, -0.25) is 0 Å². The largest absolute Gasteiger partial charge is 0.396 e. The lowest BCUT2D eigenvalue weighted by molar-refractivity contribution is 0.144. The van der Waals surface area contributed by atoms with Crippen molar-refractivity contribution in [2.75, 3.05) is 6.61 Å². The Morgan fingerprint density at radius 3 is 2.12 bits per heavy atom. The zero-order valence-corrected chi connectivity index (χ0v) is 5.53. The van der Waals surface area contributed by atoms with Gasteiger partial charge in [0.25, 0.3) is 0 Å². The summed E-state index contributed by atoms with van der Waals surface area (Å²) < 4.78 is 0. The molecule has 1 aliphatic rings. The molecule has 0 radical (unpaired) electrons. The second kappa shape index (κ2) is 3.28. The lowest BCUT2D eigenvalue weighted by atomic mass is 9.82. The number of halogens is 1. The molecule has 0 bridgehead atoms. The second-order valence-electron chi connectivity index (χ2n) is 2.28. The molecule has 0 saturated heterocycles. The lowest BCUT2D eigenvalue weighted by Crippen LogP contribution is -2.37. The highest BCUT2D eigenvalue weighted by Crippen LogP contribution is 2.23. The highest BCUT2D eigenvalue weighted by Gasteiger charge is 2.24. The Hall–Kier alpha value is 0.210. The Labute approximate surface area is 55.5 Å². The maximum Gasteiger partial charge on any atom is 0.0460 e. The Balaban J connectivity index is 0.000000490. The van der Waals surface area contributed by atoms with E-state index in [0.717, 1.165) is 12.8 Å². The third-order valence-corrected chi connectivity index (χ3v) is 1.53. The fourth-order valence-electron chi connectivity index (χ4n) is 0.936. The predicted octanol–water partition coefficient (Wildman–Crippen LogP) is 0.138. The van der Waals surface area contributed by atoms with Crippen LogP contribution in [0.15, 0.2) is 0 Å². The molecule has 0 aliphatic heterocycles. The average molecular weight is 138 g/mol. The average Bonchev–Trinajstić information content (AvgIpc) is 1.58. The first-order valence-corrected chi connectivity index (χ1v) is 2.69. The third kappa shape index (κ3) is 1.62. The second-order valence-corrected chi connectivity index (χ2v) is 2.28. The SMILES string of the molecule is Cl.NC1CC(CO)C1. The zero-order chi connectivity index (χ0) is 5.28. The Bertz CT molecular complexity index is 63.4. The van der Waals surface area contributed by atoms with E-state index < -0.39 is 0 Å². The van der Waals surface area contributed by atoms with E-state index in [1.54, 1.807) is 0 Å². The number of hydrogen-bond acceptors (Lipinski definition) is 2. The van der Waals surface area contributed by atoms with Crippen molar-refractivity contribution in [3.05, 3.63) is 0 Å². The molecule has 0 atom stereocenters. The van der Waals surface area contributed by atoms with Crippen molar-refractivity contribution in [1.82, 2.24) is 0 Å². The minimum atomic E-state index is 0. The van der Waals surface area contributed by atoms with Gasteiger partial charge in [0, 0.05) is 12.6 Å². The van der Waals surface area contributed by atoms with Crippen LogP contribution < -0.4 is 5.73 Å². The molecule has 0 aromatic heterocycles. The molecule has 0 heterocycles. The molecule has 1 rings (SSSR count). The van der Waals surface area contributed by atoms with Crippen LogP contribution in [0, 0.1) is 5.92 Å². The van der Waals surface area contributed by atoms with Gasteiger partial charge in [-0.25, -0.2) is 0 Å². The number of aliphatic hydroxyl groups is 1. The molecular formula is C5H12ClNO. The van der Waals surface area contributed by atoms with Crippen molar-refractivity contribution < 1.29 is 5.11 Å². The van der Waals surface area contributed by atoms with Crippen LogP contribution in [0.2, 0.25) is 0 Å². The van der Waals surface area contributed by atoms with Gasteiger partial charge < -0.3 is 10.8 Å². The summed E-state index contributed by atoms with van der Waals surface area (Å²) in [6, 6.07) is 0.386. The van der Waals surface area contributed by atoms with E-state index >= 15 is 0 Å². The molecule has 2 nitrogen and oxygen atoms in total. The lowest BCUT2D eigenvalue weighted by Gasteiger charge is -2.30. The highest BCUT2D eigenvalue weighted by molar-refractivity contribution is 5.85. The maximum absolute atomic E-state index is 8.45. The van der Waals surface area contributed by atoms with Crippen LogP contribution in [0.3, 0.4) is 0 Å².